The monoisotopic (exact) mass is 772 g/mol. The Labute approximate surface area is 344 Å². The van der Waals surface area contributed by atoms with Gasteiger partial charge in [0, 0.05) is 19.3 Å². The van der Waals surface area contributed by atoms with Crippen molar-refractivity contribution in [2.45, 2.75) is 283 Å². The van der Waals surface area contributed by atoms with Crippen molar-refractivity contribution >= 4 is 11.7 Å². The minimum Gasteiger partial charge on any atom is -0.394 e. The maximum Gasteiger partial charge on any atom is 0.220 e. The van der Waals surface area contributed by atoms with Crippen LogP contribution < -0.4 is 5.32 Å². The molecule has 0 aromatic rings. The SMILES string of the molecule is CCCCCC=CCC=CCCCCCCCC(=O)CCCCCCCCCCCCCCC(=O)N[C@@H](CO)CCCCCCCCCCCCCCCC. The van der Waals surface area contributed by atoms with Gasteiger partial charge in [-0.3, -0.25) is 9.59 Å². The summed E-state index contributed by atoms with van der Waals surface area (Å²) in [7, 11) is 0. The van der Waals surface area contributed by atoms with Gasteiger partial charge in [0.1, 0.15) is 5.78 Å². The molecule has 0 heterocycles. The standard InChI is InChI=1S/C51H97NO3/c1-3-5-7-9-11-13-15-17-19-21-25-29-33-37-41-45-50(54)46-42-38-34-30-26-22-23-27-31-35-39-43-47-51(55)52-49(48-53)44-40-36-32-28-24-20-18-16-14-12-10-8-6-4-2/h11,13,17,19,49,53H,3-10,12,14-16,18,20-48H2,1-2H3,(H,52,55)/t49-/m1/s1. The zero-order valence-corrected chi connectivity index (χ0v) is 37.3. The highest BCUT2D eigenvalue weighted by Gasteiger charge is 2.11. The van der Waals surface area contributed by atoms with Gasteiger partial charge in [0.05, 0.1) is 12.6 Å². The Balaban J connectivity index is 3.40. The van der Waals surface area contributed by atoms with Gasteiger partial charge in [0.2, 0.25) is 5.91 Å². The van der Waals surface area contributed by atoms with Crippen molar-refractivity contribution in [2.24, 2.45) is 0 Å². The number of ketones is 1. The minimum atomic E-state index is -0.0712. The summed E-state index contributed by atoms with van der Waals surface area (Å²) in [5.74, 6) is 0.599. The van der Waals surface area contributed by atoms with Crippen molar-refractivity contribution in [3.05, 3.63) is 24.3 Å². The second-order valence-electron chi connectivity index (χ2n) is 17.1. The van der Waals surface area contributed by atoms with Crippen LogP contribution in [0.2, 0.25) is 0 Å². The van der Waals surface area contributed by atoms with Gasteiger partial charge < -0.3 is 10.4 Å². The Morgan fingerprint density at radius 2 is 0.745 bits per heavy atom. The number of hydrogen-bond donors (Lipinski definition) is 2. The number of nitrogens with one attached hydrogen (secondary N) is 1. The van der Waals surface area contributed by atoms with Gasteiger partial charge in [0.25, 0.3) is 0 Å². The topological polar surface area (TPSA) is 66.4 Å². The summed E-state index contributed by atoms with van der Waals surface area (Å²) in [5.41, 5.74) is 0. The van der Waals surface area contributed by atoms with Crippen LogP contribution >= 0.6 is 0 Å². The molecule has 1 atom stereocenters. The number of Topliss-reactive ketones (excluding diaryl/α,β-unsaturated/α-hetero) is 1. The molecule has 4 heteroatoms. The van der Waals surface area contributed by atoms with E-state index in [-0.39, 0.29) is 18.6 Å². The molecule has 0 spiro atoms. The summed E-state index contributed by atoms with van der Waals surface area (Å²) < 4.78 is 0. The fourth-order valence-corrected chi connectivity index (χ4v) is 7.73. The average Bonchev–Trinajstić information content (AvgIpc) is 3.19. The van der Waals surface area contributed by atoms with Gasteiger partial charge in [-0.05, 0) is 57.8 Å². The van der Waals surface area contributed by atoms with E-state index in [9.17, 15) is 14.7 Å². The third-order valence-corrected chi connectivity index (χ3v) is 11.5. The summed E-state index contributed by atoms with van der Waals surface area (Å²) in [6.07, 6.45) is 59.6. The lowest BCUT2D eigenvalue weighted by Gasteiger charge is -2.16. The first-order valence-corrected chi connectivity index (χ1v) is 24.9. The van der Waals surface area contributed by atoms with Gasteiger partial charge >= 0.3 is 0 Å². The van der Waals surface area contributed by atoms with E-state index in [1.54, 1.807) is 0 Å². The van der Waals surface area contributed by atoms with E-state index in [4.69, 9.17) is 0 Å². The number of allylic oxidation sites excluding steroid dienone is 4. The highest BCUT2D eigenvalue weighted by Crippen LogP contribution is 2.16. The molecule has 0 fully saturated rings. The first-order chi connectivity index (χ1) is 27.1. The maximum absolute atomic E-state index is 12.4. The normalized spacial score (nSPS) is 12.3. The third-order valence-electron chi connectivity index (χ3n) is 11.5. The molecule has 0 saturated carbocycles. The van der Waals surface area contributed by atoms with Gasteiger partial charge in [-0.25, -0.2) is 0 Å². The number of aliphatic hydroxyl groups is 1. The smallest absolute Gasteiger partial charge is 0.220 e. The lowest BCUT2D eigenvalue weighted by molar-refractivity contribution is -0.122. The molecule has 0 aromatic heterocycles. The fraction of sp³-hybridized carbons (Fsp3) is 0.882. The summed E-state index contributed by atoms with van der Waals surface area (Å²) in [5, 5.41) is 12.8. The number of rotatable bonds is 46. The largest absolute Gasteiger partial charge is 0.394 e. The molecule has 4 nitrogen and oxygen atoms in total. The molecule has 0 aromatic carbocycles. The van der Waals surface area contributed by atoms with Crippen LogP contribution in [-0.4, -0.2) is 29.4 Å². The molecule has 0 saturated heterocycles. The van der Waals surface area contributed by atoms with Crippen molar-refractivity contribution < 1.29 is 14.7 Å². The Morgan fingerprint density at radius 3 is 1.16 bits per heavy atom. The zero-order valence-electron chi connectivity index (χ0n) is 37.3. The van der Waals surface area contributed by atoms with E-state index in [1.165, 1.54) is 199 Å². The van der Waals surface area contributed by atoms with Crippen molar-refractivity contribution in [1.29, 1.82) is 0 Å². The fourth-order valence-electron chi connectivity index (χ4n) is 7.73. The number of carbonyl (C=O) groups excluding carboxylic acids is 2. The number of amides is 1. The van der Waals surface area contributed by atoms with Crippen LogP contribution in [0.5, 0.6) is 0 Å². The van der Waals surface area contributed by atoms with Gasteiger partial charge in [-0.1, -0.05) is 224 Å². The predicted octanol–water partition coefficient (Wildman–Crippen LogP) is 16.2. The summed E-state index contributed by atoms with van der Waals surface area (Å²) >= 11 is 0. The highest BCUT2D eigenvalue weighted by molar-refractivity contribution is 5.78. The molecule has 0 bridgehead atoms. The van der Waals surface area contributed by atoms with Crippen LogP contribution in [-0.2, 0) is 9.59 Å². The number of carbonyl (C=O) groups is 2. The van der Waals surface area contributed by atoms with Crippen LogP contribution in [0, 0.1) is 0 Å². The van der Waals surface area contributed by atoms with Crippen molar-refractivity contribution in [1.82, 2.24) is 5.32 Å². The molecule has 324 valence electrons. The molecule has 0 aliphatic rings. The lowest BCUT2D eigenvalue weighted by atomic mass is 10.0. The van der Waals surface area contributed by atoms with Crippen LogP contribution in [0.3, 0.4) is 0 Å². The molecular formula is C51H97NO3. The van der Waals surface area contributed by atoms with E-state index in [0.29, 0.717) is 12.2 Å². The first-order valence-electron chi connectivity index (χ1n) is 24.9. The van der Waals surface area contributed by atoms with E-state index >= 15 is 0 Å². The molecule has 0 aliphatic carbocycles. The van der Waals surface area contributed by atoms with Crippen LogP contribution in [0.25, 0.3) is 0 Å². The van der Waals surface area contributed by atoms with E-state index < -0.39 is 0 Å². The maximum atomic E-state index is 12.4. The second kappa shape index (κ2) is 47.0. The number of aliphatic hydroxyl groups excluding tert-OH is 1. The van der Waals surface area contributed by atoms with E-state index in [0.717, 1.165) is 57.8 Å². The Kier molecular flexibility index (Phi) is 45.7. The van der Waals surface area contributed by atoms with Crippen molar-refractivity contribution in [3.63, 3.8) is 0 Å². The minimum absolute atomic E-state index is 0.0566. The highest BCUT2D eigenvalue weighted by atomic mass is 16.3. The molecule has 0 rings (SSSR count). The van der Waals surface area contributed by atoms with Gasteiger partial charge in [0.15, 0.2) is 0 Å². The molecule has 55 heavy (non-hydrogen) atoms. The lowest BCUT2D eigenvalue weighted by Crippen LogP contribution is -2.37. The Bertz CT molecular complexity index is 836. The summed E-state index contributed by atoms with van der Waals surface area (Å²) in [6, 6.07) is -0.0712. The van der Waals surface area contributed by atoms with E-state index in [2.05, 4.69) is 43.5 Å². The Hall–Kier alpha value is -1.42. The summed E-state index contributed by atoms with van der Waals surface area (Å²) in [6.45, 7) is 4.59. The first kappa shape index (κ1) is 53.6. The average molecular weight is 772 g/mol. The van der Waals surface area contributed by atoms with Gasteiger partial charge in [-0.15, -0.1) is 0 Å². The molecule has 0 aliphatic heterocycles. The molecule has 0 radical (unpaired) electrons. The van der Waals surface area contributed by atoms with E-state index in [1.807, 2.05) is 0 Å². The molecule has 0 unspecified atom stereocenters. The molecule has 1 amide bonds. The summed E-state index contributed by atoms with van der Waals surface area (Å²) in [4.78, 5) is 24.6. The van der Waals surface area contributed by atoms with Crippen LogP contribution in [0.4, 0.5) is 0 Å². The Morgan fingerprint density at radius 1 is 0.418 bits per heavy atom. The van der Waals surface area contributed by atoms with Crippen LogP contribution in [0.1, 0.15) is 277 Å². The zero-order chi connectivity index (χ0) is 40.0. The number of unbranched alkanes of at least 4 members (excludes halogenated alkanes) is 32. The van der Waals surface area contributed by atoms with Gasteiger partial charge in [-0.2, -0.15) is 0 Å². The van der Waals surface area contributed by atoms with Crippen LogP contribution in [0.15, 0.2) is 24.3 Å². The predicted molar refractivity (Wildman–Crippen MR) is 243 cm³/mol. The third kappa shape index (κ3) is 45.2. The van der Waals surface area contributed by atoms with Crippen molar-refractivity contribution in [3.8, 4) is 0 Å². The molecular weight excluding hydrogens is 675 g/mol. The van der Waals surface area contributed by atoms with Crippen molar-refractivity contribution in [2.75, 3.05) is 6.61 Å². The number of hydrogen-bond acceptors (Lipinski definition) is 3. The second-order valence-corrected chi connectivity index (χ2v) is 17.1. The quantitative estimate of drug-likeness (QED) is 0.0478. The molecule has 2 N–H and O–H groups in total.